The first-order valence-electron chi connectivity index (χ1n) is 15.3. The number of rotatable bonds is 7. The van der Waals surface area contributed by atoms with Crippen molar-refractivity contribution in [2.24, 2.45) is 44.8 Å². The molecule has 5 fully saturated rings. The summed E-state index contributed by atoms with van der Waals surface area (Å²) >= 11 is 0. The van der Waals surface area contributed by atoms with Gasteiger partial charge in [-0.15, -0.1) is 0 Å². The fourth-order valence-electron chi connectivity index (χ4n) is 11.3. The summed E-state index contributed by atoms with van der Waals surface area (Å²) in [6.07, 6.45) is 9.34. The number of hydrogen-bond donors (Lipinski definition) is 0. The minimum absolute atomic E-state index is 0.0304. The van der Waals surface area contributed by atoms with Crippen molar-refractivity contribution in [3.8, 4) is 0 Å². The molecule has 0 aromatic heterocycles. The number of hydrogen-bond acceptors (Lipinski definition) is 5. The van der Waals surface area contributed by atoms with Crippen molar-refractivity contribution in [3.63, 3.8) is 0 Å². The van der Waals surface area contributed by atoms with Crippen LogP contribution in [-0.2, 0) is 23.9 Å². The van der Waals surface area contributed by atoms with Gasteiger partial charge in [0.1, 0.15) is 18.0 Å². The minimum atomic E-state index is -0.333. The van der Waals surface area contributed by atoms with Crippen LogP contribution in [0.1, 0.15) is 113 Å². The molecule has 5 heteroatoms. The standard InChI is InChI=1S/C34H50O5/c1-20(2)24(38-22(4)35)11-10-21(3)29-25(39-23(5)36)18-32(9)27-13-12-26-30(6,7)28(37)14-15-33(26)19-34(27,33)17-16-31(29,32)8/h24-27,29H,1,3,10-19H2,2,4-9H3. The maximum absolute atomic E-state index is 13.0. The molecule has 0 amide bonds. The lowest BCUT2D eigenvalue weighted by molar-refractivity contribution is -0.154. The van der Waals surface area contributed by atoms with Crippen LogP contribution in [0.2, 0.25) is 0 Å². The predicted octanol–water partition coefficient (Wildman–Crippen LogP) is 7.38. The molecule has 5 saturated carbocycles. The Morgan fingerprint density at radius 1 is 0.923 bits per heavy atom. The van der Waals surface area contributed by atoms with Crippen LogP contribution in [0.25, 0.3) is 0 Å². The number of ether oxygens (including phenoxy) is 2. The molecule has 5 nitrogen and oxygen atoms in total. The Balaban J connectivity index is 1.45. The Morgan fingerprint density at radius 3 is 2.18 bits per heavy atom. The molecule has 0 N–H and O–H groups in total. The molecule has 39 heavy (non-hydrogen) atoms. The molecule has 9 unspecified atom stereocenters. The summed E-state index contributed by atoms with van der Waals surface area (Å²) < 4.78 is 11.7. The number of Topliss-reactive ketones (excluding diaryl/α,β-unsaturated/α-hetero) is 1. The van der Waals surface area contributed by atoms with Gasteiger partial charge in [0.15, 0.2) is 0 Å². The Bertz CT molecular complexity index is 1120. The molecular weight excluding hydrogens is 488 g/mol. The van der Waals surface area contributed by atoms with Gasteiger partial charge >= 0.3 is 11.9 Å². The summed E-state index contributed by atoms with van der Waals surface area (Å²) in [7, 11) is 0. The first kappa shape index (κ1) is 28.6. The number of ketones is 1. The highest BCUT2D eigenvalue weighted by molar-refractivity contribution is 5.86. The van der Waals surface area contributed by atoms with Gasteiger partial charge in [-0.1, -0.05) is 46.4 Å². The van der Waals surface area contributed by atoms with Crippen LogP contribution < -0.4 is 0 Å². The second-order valence-corrected chi connectivity index (χ2v) is 15.1. The predicted molar refractivity (Wildman–Crippen MR) is 152 cm³/mol. The zero-order chi connectivity index (χ0) is 28.8. The molecule has 0 bridgehead atoms. The van der Waals surface area contributed by atoms with Crippen LogP contribution >= 0.6 is 0 Å². The quantitative estimate of drug-likeness (QED) is 0.250. The molecule has 5 rings (SSSR count). The summed E-state index contributed by atoms with van der Waals surface area (Å²) in [6, 6.07) is 0. The number of carbonyl (C=O) groups is 3. The van der Waals surface area contributed by atoms with Gasteiger partial charge in [0.25, 0.3) is 0 Å². The summed E-state index contributed by atoms with van der Waals surface area (Å²) in [4.78, 5) is 37.0. The molecular formula is C34H50O5. The topological polar surface area (TPSA) is 69.7 Å². The Kier molecular flexibility index (Phi) is 6.64. The molecule has 0 aromatic rings. The van der Waals surface area contributed by atoms with E-state index in [0.717, 1.165) is 49.7 Å². The van der Waals surface area contributed by atoms with Crippen molar-refractivity contribution in [3.05, 3.63) is 24.3 Å². The third-order valence-corrected chi connectivity index (χ3v) is 13.2. The van der Waals surface area contributed by atoms with Crippen molar-refractivity contribution in [1.29, 1.82) is 0 Å². The van der Waals surface area contributed by atoms with E-state index >= 15 is 0 Å². The molecule has 0 aliphatic heterocycles. The van der Waals surface area contributed by atoms with Crippen molar-refractivity contribution in [1.82, 2.24) is 0 Å². The lowest BCUT2D eigenvalue weighted by Gasteiger charge is -2.62. The summed E-state index contributed by atoms with van der Waals surface area (Å²) in [5, 5.41) is 0. The zero-order valence-electron chi connectivity index (χ0n) is 25.4. The average Bonchev–Trinajstić information content (AvgIpc) is 3.43. The molecule has 9 atom stereocenters. The maximum Gasteiger partial charge on any atom is 0.303 e. The fourth-order valence-corrected chi connectivity index (χ4v) is 11.3. The van der Waals surface area contributed by atoms with E-state index in [2.05, 4.69) is 40.9 Å². The van der Waals surface area contributed by atoms with Crippen LogP contribution in [0, 0.1) is 44.8 Å². The van der Waals surface area contributed by atoms with E-state index in [1.807, 2.05) is 6.92 Å². The molecule has 0 radical (unpaired) electrons. The SMILES string of the molecule is C=C(C)C(CCC(=C)C1C(OC(C)=O)CC2(C)C3CCC4C(C)(C)C(=O)CCC45CC35CCC12C)OC(C)=O. The van der Waals surface area contributed by atoms with E-state index in [4.69, 9.17) is 9.47 Å². The van der Waals surface area contributed by atoms with Crippen LogP contribution in [0.3, 0.4) is 0 Å². The minimum Gasteiger partial charge on any atom is -0.462 e. The van der Waals surface area contributed by atoms with Crippen molar-refractivity contribution in [2.45, 2.75) is 125 Å². The molecule has 0 heterocycles. The van der Waals surface area contributed by atoms with E-state index in [0.29, 0.717) is 41.3 Å². The largest absolute Gasteiger partial charge is 0.462 e. The number of carbonyl (C=O) groups excluding carboxylic acids is 3. The molecule has 2 spiro atoms. The maximum atomic E-state index is 13.0. The highest BCUT2D eigenvalue weighted by atomic mass is 16.5. The lowest BCUT2D eigenvalue weighted by atomic mass is 9.42. The van der Waals surface area contributed by atoms with Crippen LogP contribution in [0.15, 0.2) is 24.3 Å². The van der Waals surface area contributed by atoms with Gasteiger partial charge in [-0.05, 0) is 104 Å². The molecule has 0 aromatic carbocycles. The molecule has 5 aliphatic rings. The molecule has 5 aliphatic carbocycles. The second kappa shape index (κ2) is 9.05. The monoisotopic (exact) mass is 538 g/mol. The van der Waals surface area contributed by atoms with E-state index < -0.39 is 0 Å². The average molecular weight is 539 g/mol. The lowest BCUT2D eigenvalue weighted by Crippen LogP contribution is -2.56. The van der Waals surface area contributed by atoms with Crippen LogP contribution in [-0.4, -0.2) is 29.9 Å². The Hall–Kier alpha value is -1.91. The van der Waals surface area contributed by atoms with Crippen molar-refractivity contribution < 1.29 is 23.9 Å². The smallest absolute Gasteiger partial charge is 0.303 e. The number of esters is 2. The van der Waals surface area contributed by atoms with Gasteiger partial charge in [-0.3, -0.25) is 14.4 Å². The highest BCUT2D eigenvalue weighted by Gasteiger charge is 2.83. The second-order valence-electron chi connectivity index (χ2n) is 15.1. The fraction of sp³-hybridized carbons (Fsp3) is 0.794. The van der Waals surface area contributed by atoms with E-state index in [1.54, 1.807) is 0 Å². The first-order valence-corrected chi connectivity index (χ1v) is 15.3. The summed E-state index contributed by atoms with van der Waals surface area (Å²) in [6.45, 7) is 22.8. The van der Waals surface area contributed by atoms with Gasteiger partial charge in [0, 0.05) is 31.6 Å². The first-order chi connectivity index (χ1) is 18.1. The van der Waals surface area contributed by atoms with Gasteiger partial charge in [-0.25, -0.2) is 0 Å². The van der Waals surface area contributed by atoms with Crippen molar-refractivity contribution in [2.75, 3.05) is 0 Å². The third-order valence-electron chi connectivity index (χ3n) is 13.2. The zero-order valence-corrected chi connectivity index (χ0v) is 25.4. The van der Waals surface area contributed by atoms with Crippen LogP contribution in [0.4, 0.5) is 0 Å². The summed E-state index contributed by atoms with van der Waals surface area (Å²) in [5.41, 5.74) is 2.34. The highest BCUT2D eigenvalue weighted by Crippen LogP contribution is 2.88. The van der Waals surface area contributed by atoms with Gasteiger partial charge in [0.2, 0.25) is 0 Å². The normalized spacial score (nSPS) is 44.1. The molecule has 0 saturated heterocycles. The van der Waals surface area contributed by atoms with Crippen molar-refractivity contribution >= 4 is 17.7 Å². The van der Waals surface area contributed by atoms with E-state index in [9.17, 15) is 14.4 Å². The van der Waals surface area contributed by atoms with Gasteiger partial charge in [-0.2, -0.15) is 0 Å². The summed E-state index contributed by atoms with van der Waals surface area (Å²) in [5.74, 6) is 1.07. The third kappa shape index (κ3) is 3.87. The Labute approximate surface area is 235 Å². The van der Waals surface area contributed by atoms with Gasteiger partial charge < -0.3 is 9.47 Å². The Morgan fingerprint density at radius 2 is 1.56 bits per heavy atom. The molecule has 216 valence electrons. The number of fused-ring (bicyclic) bond motifs is 2. The van der Waals surface area contributed by atoms with Crippen LogP contribution in [0.5, 0.6) is 0 Å². The van der Waals surface area contributed by atoms with Gasteiger partial charge in [0.05, 0.1) is 0 Å². The van der Waals surface area contributed by atoms with E-state index in [-0.39, 0.29) is 46.3 Å². The van der Waals surface area contributed by atoms with E-state index in [1.165, 1.54) is 26.7 Å².